The normalized spacial score (nSPS) is 13.7. The maximum Gasteiger partial charge on any atom is 0.303 e. The Bertz CT molecular complexity index is 367. The van der Waals surface area contributed by atoms with Crippen molar-refractivity contribution in [3.8, 4) is 0 Å². The third-order valence-corrected chi connectivity index (χ3v) is 4.39. The summed E-state index contributed by atoms with van der Waals surface area (Å²) in [5, 5.41) is 18.2. The van der Waals surface area contributed by atoms with Crippen LogP contribution >= 0.6 is 0 Å². The zero-order valence-electron chi connectivity index (χ0n) is 10.6. The summed E-state index contributed by atoms with van der Waals surface area (Å²) < 4.78 is 25.7. The Morgan fingerprint density at radius 2 is 1.71 bits per heavy atom. The zero-order valence-corrected chi connectivity index (χ0v) is 11.5. The van der Waals surface area contributed by atoms with Crippen LogP contribution in [-0.4, -0.2) is 41.5 Å². The van der Waals surface area contributed by atoms with E-state index in [-0.39, 0.29) is 18.6 Å². The zero-order chi connectivity index (χ0) is 13.9. The van der Waals surface area contributed by atoms with E-state index < -0.39 is 27.1 Å². The summed E-state index contributed by atoms with van der Waals surface area (Å²) in [4.78, 5) is 10.3. The lowest BCUT2D eigenvalue weighted by molar-refractivity contribution is -0.137. The Labute approximate surface area is 102 Å². The second-order valence-electron chi connectivity index (χ2n) is 5.10. The summed E-state index contributed by atoms with van der Waals surface area (Å²) in [7, 11) is -3.59. The fourth-order valence-corrected chi connectivity index (χ4v) is 2.63. The molecule has 0 heterocycles. The molecule has 0 aliphatic rings. The van der Waals surface area contributed by atoms with E-state index >= 15 is 0 Å². The first-order valence-corrected chi connectivity index (χ1v) is 6.98. The molecule has 0 atom stereocenters. The Morgan fingerprint density at radius 3 is 2.06 bits per heavy atom. The number of carboxylic acids is 1. The molecule has 17 heavy (non-hydrogen) atoms. The quantitative estimate of drug-likeness (QED) is 0.616. The van der Waals surface area contributed by atoms with Gasteiger partial charge >= 0.3 is 5.97 Å². The number of rotatable bonds is 7. The smallest absolute Gasteiger partial charge is 0.303 e. The first-order valence-electron chi connectivity index (χ1n) is 5.33. The predicted molar refractivity (Wildman–Crippen MR) is 64.2 cm³/mol. The summed E-state index contributed by atoms with van der Waals surface area (Å²) >= 11 is 0. The van der Waals surface area contributed by atoms with Gasteiger partial charge in [0.1, 0.15) is 0 Å². The second-order valence-corrected chi connectivity index (χ2v) is 6.94. The highest BCUT2D eigenvalue weighted by molar-refractivity contribution is 7.89. The van der Waals surface area contributed by atoms with E-state index in [2.05, 4.69) is 4.72 Å². The van der Waals surface area contributed by atoms with Crippen molar-refractivity contribution in [3.05, 3.63) is 0 Å². The number of nitrogens with one attached hydrogen (secondary N) is 1. The number of aliphatic hydroxyl groups is 1. The molecular weight excluding hydrogens is 246 g/mol. The lowest BCUT2D eigenvalue weighted by Gasteiger charge is -2.37. The van der Waals surface area contributed by atoms with Gasteiger partial charge in [-0.2, -0.15) is 0 Å². The van der Waals surface area contributed by atoms with Crippen molar-refractivity contribution in [2.75, 3.05) is 5.75 Å². The highest BCUT2D eigenvalue weighted by Gasteiger charge is 2.38. The largest absolute Gasteiger partial charge is 0.481 e. The molecule has 0 fully saturated rings. The fourth-order valence-electron chi connectivity index (χ4n) is 0.978. The van der Waals surface area contributed by atoms with Crippen LogP contribution in [0.25, 0.3) is 0 Å². The van der Waals surface area contributed by atoms with Crippen molar-refractivity contribution in [2.45, 2.75) is 51.7 Å². The summed E-state index contributed by atoms with van der Waals surface area (Å²) in [5.74, 6) is -1.29. The Kier molecular flexibility index (Phi) is 5.12. The Morgan fingerprint density at radius 1 is 1.24 bits per heavy atom. The van der Waals surface area contributed by atoms with E-state index in [0.29, 0.717) is 0 Å². The molecule has 0 aliphatic carbocycles. The number of sulfonamides is 1. The molecule has 0 rings (SSSR count). The summed E-state index contributed by atoms with van der Waals surface area (Å²) in [6, 6.07) is 0. The highest BCUT2D eigenvalue weighted by atomic mass is 32.2. The lowest BCUT2D eigenvalue weighted by Crippen LogP contribution is -2.58. The molecule has 0 saturated heterocycles. The van der Waals surface area contributed by atoms with Gasteiger partial charge in [-0.05, 0) is 34.1 Å². The van der Waals surface area contributed by atoms with Crippen LogP contribution in [0.5, 0.6) is 0 Å². The molecule has 0 aliphatic heterocycles. The highest BCUT2D eigenvalue weighted by Crippen LogP contribution is 2.21. The van der Waals surface area contributed by atoms with Gasteiger partial charge in [0.2, 0.25) is 10.0 Å². The molecule has 0 aromatic rings. The van der Waals surface area contributed by atoms with Crippen LogP contribution < -0.4 is 4.72 Å². The first-order chi connectivity index (χ1) is 7.37. The number of carboxylic acid groups (broad SMARTS) is 1. The standard InChI is InChI=1S/C10H21NO5S/c1-9(2,10(3,4)14)11-17(15,16)7-5-6-8(12)13/h11,14H,5-7H2,1-4H3,(H,12,13). The van der Waals surface area contributed by atoms with Crippen LogP contribution in [-0.2, 0) is 14.8 Å². The lowest BCUT2D eigenvalue weighted by atomic mass is 9.87. The van der Waals surface area contributed by atoms with Crippen LogP contribution in [0.3, 0.4) is 0 Å². The van der Waals surface area contributed by atoms with Crippen LogP contribution in [0, 0.1) is 0 Å². The van der Waals surface area contributed by atoms with E-state index in [1.807, 2.05) is 0 Å². The van der Waals surface area contributed by atoms with Gasteiger partial charge in [0.15, 0.2) is 0 Å². The number of carbonyl (C=O) groups is 1. The molecule has 0 bridgehead atoms. The Hall–Kier alpha value is -0.660. The van der Waals surface area contributed by atoms with Gasteiger partial charge in [-0.3, -0.25) is 4.79 Å². The summed E-state index contributed by atoms with van der Waals surface area (Å²) in [6.07, 6.45) is -0.142. The van der Waals surface area contributed by atoms with Gasteiger partial charge in [0.05, 0.1) is 16.9 Å². The number of hydrogen-bond donors (Lipinski definition) is 3. The van der Waals surface area contributed by atoms with Crippen molar-refractivity contribution < 1.29 is 23.4 Å². The van der Waals surface area contributed by atoms with Crippen LogP contribution in [0.1, 0.15) is 40.5 Å². The predicted octanol–water partition coefficient (Wildman–Crippen LogP) is 0.320. The van der Waals surface area contributed by atoms with Crippen molar-refractivity contribution in [1.29, 1.82) is 0 Å². The van der Waals surface area contributed by atoms with E-state index in [1.54, 1.807) is 13.8 Å². The topological polar surface area (TPSA) is 104 Å². The van der Waals surface area contributed by atoms with Gasteiger partial charge in [-0.1, -0.05) is 0 Å². The molecule has 0 saturated carbocycles. The van der Waals surface area contributed by atoms with E-state index in [9.17, 15) is 18.3 Å². The molecule has 102 valence electrons. The van der Waals surface area contributed by atoms with E-state index in [4.69, 9.17) is 5.11 Å². The maximum absolute atomic E-state index is 11.7. The third kappa shape index (κ3) is 5.99. The number of hydrogen-bond acceptors (Lipinski definition) is 4. The van der Waals surface area contributed by atoms with Crippen molar-refractivity contribution in [3.63, 3.8) is 0 Å². The molecule has 0 unspecified atom stereocenters. The van der Waals surface area contributed by atoms with E-state index in [0.717, 1.165) is 0 Å². The molecule has 0 amide bonds. The average molecular weight is 267 g/mol. The van der Waals surface area contributed by atoms with Crippen molar-refractivity contribution in [2.24, 2.45) is 0 Å². The minimum atomic E-state index is -3.59. The monoisotopic (exact) mass is 267 g/mol. The Balaban J connectivity index is 4.51. The maximum atomic E-state index is 11.7. The second kappa shape index (κ2) is 5.32. The van der Waals surface area contributed by atoms with E-state index in [1.165, 1.54) is 13.8 Å². The van der Waals surface area contributed by atoms with Gasteiger partial charge in [-0.25, -0.2) is 13.1 Å². The van der Waals surface area contributed by atoms with Crippen molar-refractivity contribution >= 4 is 16.0 Å². The third-order valence-electron chi connectivity index (χ3n) is 2.74. The molecule has 7 heteroatoms. The molecule has 0 aromatic heterocycles. The average Bonchev–Trinajstić information content (AvgIpc) is 1.97. The molecular formula is C10H21NO5S. The molecule has 3 N–H and O–H groups in total. The van der Waals surface area contributed by atoms with Gasteiger partial charge in [-0.15, -0.1) is 0 Å². The SMILES string of the molecule is CC(C)(O)C(C)(C)NS(=O)(=O)CCCC(=O)O. The summed E-state index contributed by atoms with van der Waals surface area (Å²) in [6.45, 7) is 6.16. The molecule has 0 radical (unpaired) electrons. The molecule has 0 spiro atoms. The fraction of sp³-hybridized carbons (Fsp3) is 0.900. The van der Waals surface area contributed by atoms with Crippen LogP contribution in [0.15, 0.2) is 0 Å². The molecule has 6 nitrogen and oxygen atoms in total. The van der Waals surface area contributed by atoms with Crippen LogP contribution in [0.4, 0.5) is 0 Å². The summed E-state index contributed by atoms with van der Waals surface area (Å²) in [5.41, 5.74) is -2.23. The molecule has 0 aromatic carbocycles. The van der Waals surface area contributed by atoms with Crippen LogP contribution in [0.2, 0.25) is 0 Å². The van der Waals surface area contributed by atoms with Gasteiger partial charge < -0.3 is 10.2 Å². The minimum absolute atomic E-state index is 0.0482. The van der Waals surface area contributed by atoms with Gasteiger partial charge in [0, 0.05) is 6.42 Å². The minimum Gasteiger partial charge on any atom is -0.481 e. The van der Waals surface area contributed by atoms with Gasteiger partial charge in [0.25, 0.3) is 0 Å². The number of aliphatic carboxylic acids is 1. The first kappa shape index (κ1) is 16.3. The van der Waals surface area contributed by atoms with Crippen molar-refractivity contribution in [1.82, 2.24) is 4.72 Å².